The molecule has 0 aliphatic carbocycles. The third-order valence-electron chi connectivity index (χ3n) is 4.74. The molecular weight excluding hydrogens is 412 g/mol. The standard InChI is InChI=1S/C19H20N4O2S3/c1-4-5-23-18(25)15(28-19(23)26)10-13-12(2)14(11-20)17(24)21(3)16(13)22-6-8-27-9-7-22/h4,10H,1,5-9H2,2-3H3/b15-10-. The number of aromatic nitrogens is 1. The quantitative estimate of drug-likeness (QED) is 0.411. The van der Waals surface area contributed by atoms with Gasteiger partial charge in [0.1, 0.15) is 21.8 Å². The molecule has 0 N–H and O–H groups in total. The van der Waals surface area contributed by atoms with Crippen LogP contribution in [0.3, 0.4) is 0 Å². The highest BCUT2D eigenvalue weighted by atomic mass is 32.2. The molecule has 0 bridgehead atoms. The van der Waals surface area contributed by atoms with Crippen LogP contribution in [0.15, 0.2) is 22.4 Å². The van der Waals surface area contributed by atoms with Crippen molar-refractivity contribution in [2.24, 2.45) is 7.05 Å². The highest BCUT2D eigenvalue weighted by Crippen LogP contribution is 2.35. The molecule has 146 valence electrons. The number of hydrogen-bond donors (Lipinski definition) is 0. The van der Waals surface area contributed by atoms with Gasteiger partial charge in [0.2, 0.25) is 0 Å². The normalized spacial score (nSPS) is 18.7. The van der Waals surface area contributed by atoms with Gasteiger partial charge in [-0.15, -0.1) is 6.58 Å². The summed E-state index contributed by atoms with van der Waals surface area (Å²) in [5.41, 5.74) is 1.10. The largest absolute Gasteiger partial charge is 0.356 e. The Bertz CT molecular complexity index is 984. The summed E-state index contributed by atoms with van der Waals surface area (Å²) in [5.74, 6) is 2.50. The van der Waals surface area contributed by atoms with Gasteiger partial charge >= 0.3 is 0 Å². The van der Waals surface area contributed by atoms with Crippen molar-refractivity contribution in [2.75, 3.05) is 36.0 Å². The van der Waals surface area contributed by atoms with E-state index >= 15 is 0 Å². The van der Waals surface area contributed by atoms with E-state index in [1.807, 2.05) is 17.8 Å². The minimum Gasteiger partial charge on any atom is -0.356 e. The highest BCUT2D eigenvalue weighted by molar-refractivity contribution is 8.26. The van der Waals surface area contributed by atoms with E-state index in [0.717, 1.165) is 36.0 Å². The van der Waals surface area contributed by atoms with Crippen LogP contribution >= 0.6 is 35.7 Å². The van der Waals surface area contributed by atoms with Crippen LogP contribution in [0.4, 0.5) is 5.82 Å². The Morgan fingerprint density at radius 3 is 2.61 bits per heavy atom. The number of amides is 1. The van der Waals surface area contributed by atoms with E-state index in [4.69, 9.17) is 12.2 Å². The molecule has 0 unspecified atom stereocenters. The second-order valence-corrected chi connectivity index (χ2v) is 9.29. The fraction of sp³-hybridized carbons (Fsp3) is 0.368. The number of rotatable bonds is 4. The van der Waals surface area contributed by atoms with Gasteiger partial charge in [0.15, 0.2) is 0 Å². The van der Waals surface area contributed by atoms with E-state index in [2.05, 4.69) is 11.5 Å². The first-order valence-electron chi connectivity index (χ1n) is 8.73. The van der Waals surface area contributed by atoms with Crippen LogP contribution in [0, 0.1) is 18.3 Å². The number of carbonyl (C=O) groups excluding carboxylic acids is 1. The van der Waals surface area contributed by atoms with E-state index in [0.29, 0.717) is 21.3 Å². The lowest BCUT2D eigenvalue weighted by Gasteiger charge is -2.32. The molecule has 3 rings (SSSR count). The second-order valence-electron chi connectivity index (χ2n) is 6.39. The molecule has 3 heterocycles. The van der Waals surface area contributed by atoms with Gasteiger partial charge in [-0.2, -0.15) is 17.0 Å². The Labute approximate surface area is 177 Å². The minimum atomic E-state index is -0.315. The second kappa shape index (κ2) is 8.55. The van der Waals surface area contributed by atoms with E-state index in [1.54, 1.807) is 26.1 Å². The molecule has 0 spiro atoms. The summed E-state index contributed by atoms with van der Waals surface area (Å²) in [7, 11) is 1.68. The number of hydrogen-bond acceptors (Lipinski definition) is 7. The van der Waals surface area contributed by atoms with E-state index in [1.165, 1.54) is 21.2 Å². The Morgan fingerprint density at radius 1 is 1.32 bits per heavy atom. The van der Waals surface area contributed by atoms with Crippen LogP contribution in [0.2, 0.25) is 0 Å². The Morgan fingerprint density at radius 2 is 2.00 bits per heavy atom. The predicted octanol–water partition coefficient (Wildman–Crippen LogP) is 2.51. The van der Waals surface area contributed by atoms with E-state index in [9.17, 15) is 14.9 Å². The SMILES string of the molecule is C=CCN1C(=O)/C(=C/c2c(C)c(C#N)c(=O)n(C)c2N2CCSCC2)SC1=S. The maximum atomic E-state index is 12.8. The summed E-state index contributed by atoms with van der Waals surface area (Å²) < 4.78 is 2.01. The Balaban J connectivity index is 2.19. The lowest BCUT2D eigenvalue weighted by Crippen LogP contribution is -2.38. The zero-order valence-corrected chi connectivity index (χ0v) is 18.2. The summed E-state index contributed by atoms with van der Waals surface area (Å²) in [5, 5.41) is 9.50. The van der Waals surface area contributed by atoms with Crippen molar-refractivity contribution in [1.29, 1.82) is 5.26 Å². The van der Waals surface area contributed by atoms with E-state index in [-0.39, 0.29) is 17.0 Å². The fourth-order valence-electron chi connectivity index (χ4n) is 3.29. The lowest BCUT2D eigenvalue weighted by molar-refractivity contribution is -0.121. The first kappa shape index (κ1) is 20.7. The van der Waals surface area contributed by atoms with Crippen LogP contribution in [0.25, 0.3) is 6.08 Å². The third kappa shape index (κ3) is 3.64. The van der Waals surface area contributed by atoms with Gasteiger partial charge in [-0.25, -0.2) is 0 Å². The van der Waals surface area contributed by atoms with Gasteiger partial charge in [-0.1, -0.05) is 30.1 Å². The predicted molar refractivity (Wildman–Crippen MR) is 121 cm³/mol. The Kier molecular flexibility index (Phi) is 6.33. The first-order chi connectivity index (χ1) is 13.4. The molecule has 2 aliphatic rings. The van der Waals surface area contributed by atoms with Gasteiger partial charge in [0.25, 0.3) is 11.5 Å². The van der Waals surface area contributed by atoms with E-state index < -0.39 is 0 Å². The molecule has 6 nitrogen and oxygen atoms in total. The van der Waals surface area contributed by atoms with Crippen molar-refractivity contribution >= 4 is 57.9 Å². The van der Waals surface area contributed by atoms with Crippen molar-refractivity contribution < 1.29 is 4.79 Å². The molecule has 0 atom stereocenters. The lowest BCUT2D eigenvalue weighted by atomic mass is 10.0. The van der Waals surface area contributed by atoms with Gasteiger partial charge in [-0.05, 0) is 18.6 Å². The molecule has 1 aromatic heterocycles. The van der Waals surface area contributed by atoms with Gasteiger partial charge < -0.3 is 4.90 Å². The molecular formula is C19H20N4O2S3. The number of carbonyl (C=O) groups is 1. The molecule has 28 heavy (non-hydrogen) atoms. The molecule has 2 fully saturated rings. The molecule has 1 aromatic rings. The zero-order valence-electron chi connectivity index (χ0n) is 15.7. The maximum Gasteiger partial charge on any atom is 0.270 e. The van der Waals surface area contributed by atoms with Gasteiger partial charge in [-0.3, -0.25) is 19.1 Å². The molecule has 1 amide bonds. The van der Waals surface area contributed by atoms with Crippen molar-refractivity contribution in [2.45, 2.75) is 6.92 Å². The topological polar surface area (TPSA) is 69.3 Å². The fourth-order valence-corrected chi connectivity index (χ4v) is 5.45. The van der Waals surface area contributed by atoms with Crippen molar-refractivity contribution in [1.82, 2.24) is 9.47 Å². The van der Waals surface area contributed by atoms with Crippen LogP contribution < -0.4 is 10.5 Å². The smallest absolute Gasteiger partial charge is 0.270 e. The summed E-state index contributed by atoms with van der Waals surface area (Å²) in [6, 6.07) is 2.02. The molecule has 0 aromatic carbocycles. The monoisotopic (exact) mass is 432 g/mol. The van der Waals surface area contributed by atoms with Gasteiger partial charge in [0.05, 0.1) is 4.91 Å². The molecule has 9 heteroatoms. The zero-order chi connectivity index (χ0) is 20.4. The number of thiocarbonyl (C=S) groups is 1. The van der Waals surface area contributed by atoms with Crippen LogP contribution in [-0.2, 0) is 11.8 Å². The first-order valence-corrected chi connectivity index (χ1v) is 11.1. The summed E-state index contributed by atoms with van der Waals surface area (Å²) in [4.78, 5) is 29.6. The third-order valence-corrected chi connectivity index (χ3v) is 7.06. The summed E-state index contributed by atoms with van der Waals surface area (Å²) in [6.45, 7) is 7.40. The average molecular weight is 433 g/mol. The van der Waals surface area contributed by atoms with Crippen molar-refractivity contribution in [3.63, 3.8) is 0 Å². The van der Waals surface area contributed by atoms with Crippen LogP contribution in [0.1, 0.15) is 16.7 Å². The number of pyridine rings is 1. The Hall–Kier alpha value is -2.02. The summed E-state index contributed by atoms with van der Waals surface area (Å²) in [6.07, 6.45) is 3.41. The van der Waals surface area contributed by atoms with Crippen LogP contribution in [0.5, 0.6) is 0 Å². The molecule has 0 saturated carbocycles. The van der Waals surface area contributed by atoms with Crippen molar-refractivity contribution in [3.8, 4) is 6.07 Å². The molecule has 2 saturated heterocycles. The number of nitrogens with zero attached hydrogens (tertiary/aromatic N) is 4. The summed E-state index contributed by atoms with van der Waals surface area (Å²) >= 11 is 8.43. The molecule has 2 aliphatic heterocycles. The molecule has 0 radical (unpaired) electrons. The minimum absolute atomic E-state index is 0.102. The highest BCUT2D eigenvalue weighted by Gasteiger charge is 2.32. The van der Waals surface area contributed by atoms with Crippen LogP contribution in [-0.4, -0.2) is 50.8 Å². The number of nitriles is 1. The average Bonchev–Trinajstić information content (AvgIpc) is 2.95. The number of thioether (sulfide) groups is 2. The van der Waals surface area contributed by atoms with Gasteiger partial charge in [0, 0.05) is 43.8 Å². The number of anilines is 1. The van der Waals surface area contributed by atoms with Crippen molar-refractivity contribution in [3.05, 3.63) is 44.6 Å². The maximum absolute atomic E-state index is 12.8.